The van der Waals surface area contributed by atoms with Gasteiger partial charge in [0.1, 0.15) is 0 Å². The lowest BCUT2D eigenvalue weighted by molar-refractivity contribution is 0.0881. The van der Waals surface area contributed by atoms with Gasteiger partial charge in [-0.3, -0.25) is 9.36 Å². The van der Waals surface area contributed by atoms with Crippen molar-refractivity contribution in [3.63, 3.8) is 0 Å². The predicted molar refractivity (Wildman–Crippen MR) is 77.2 cm³/mol. The van der Waals surface area contributed by atoms with Crippen molar-refractivity contribution in [3.05, 3.63) is 41.6 Å². The van der Waals surface area contributed by atoms with Crippen LogP contribution in [0.25, 0.3) is 16.5 Å². The number of allylic oxidation sites excluding steroid dienone is 2. The second kappa shape index (κ2) is 3.83. The van der Waals surface area contributed by atoms with Crippen LogP contribution in [0.5, 0.6) is 0 Å². The van der Waals surface area contributed by atoms with Crippen LogP contribution in [-0.2, 0) is 0 Å². The van der Waals surface area contributed by atoms with E-state index in [2.05, 4.69) is 31.2 Å². The first-order valence-electron chi connectivity index (χ1n) is 7.11. The Morgan fingerprint density at radius 3 is 3.00 bits per heavy atom. The molecule has 19 heavy (non-hydrogen) atoms. The minimum Gasteiger partial charge on any atom is -0.280 e. The normalized spacial score (nSPS) is 22.1. The van der Waals surface area contributed by atoms with Gasteiger partial charge in [0.15, 0.2) is 0 Å². The van der Waals surface area contributed by atoms with E-state index in [0.29, 0.717) is 12.3 Å². The molecule has 0 fully saturated rings. The third-order valence-electron chi connectivity index (χ3n) is 4.63. The molecule has 0 N–H and O–H groups in total. The molecule has 0 saturated heterocycles. The van der Waals surface area contributed by atoms with Crippen LogP contribution in [0.1, 0.15) is 41.7 Å². The number of benzene rings is 1. The molecule has 0 saturated carbocycles. The fourth-order valence-corrected chi connectivity index (χ4v) is 3.75. The Hall–Kier alpha value is -1.83. The number of fused-ring (bicyclic) bond motifs is 5. The number of hydrogen-bond acceptors (Lipinski definition) is 1. The van der Waals surface area contributed by atoms with Gasteiger partial charge >= 0.3 is 0 Å². The SMILES string of the molecule is Cc1c2n(c3ccccc13)C(=O)CC1CCCC=C21. The van der Waals surface area contributed by atoms with E-state index >= 15 is 0 Å². The van der Waals surface area contributed by atoms with E-state index in [9.17, 15) is 4.79 Å². The summed E-state index contributed by atoms with van der Waals surface area (Å²) in [5.74, 6) is 0.722. The Kier molecular flexibility index (Phi) is 2.22. The maximum atomic E-state index is 12.5. The van der Waals surface area contributed by atoms with Gasteiger partial charge in [-0.2, -0.15) is 0 Å². The van der Waals surface area contributed by atoms with Crippen molar-refractivity contribution >= 4 is 22.4 Å². The molecule has 0 amide bonds. The number of carbonyl (C=O) groups is 1. The fraction of sp³-hybridized carbons (Fsp3) is 0.353. The van der Waals surface area contributed by atoms with E-state index < -0.39 is 0 Å². The minimum atomic E-state index is 0.267. The molecule has 0 spiro atoms. The fourth-order valence-electron chi connectivity index (χ4n) is 3.75. The number of aromatic nitrogens is 1. The van der Waals surface area contributed by atoms with Crippen molar-refractivity contribution < 1.29 is 4.79 Å². The molecular formula is C17H17NO. The van der Waals surface area contributed by atoms with Gasteiger partial charge in [0, 0.05) is 11.8 Å². The molecule has 2 heteroatoms. The van der Waals surface area contributed by atoms with E-state index in [-0.39, 0.29) is 5.91 Å². The summed E-state index contributed by atoms with van der Waals surface area (Å²) in [5, 5.41) is 1.22. The van der Waals surface area contributed by atoms with Gasteiger partial charge in [0.25, 0.3) is 0 Å². The molecule has 1 unspecified atom stereocenters. The van der Waals surface area contributed by atoms with Gasteiger partial charge in [-0.15, -0.1) is 0 Å². The second-order valence-electron chi connectivity index (χ2n) is 5.71. The van der Waals surface area contributed by atoms with E-state index in [0.717, 1.165) is 11.9 Å². The molecule has 1 aliphatic heterocycles. The lowest BCUT2D eigenvalue weighted by Gasteiger charge is -2.30. The summed E-state index contributed by atoms with van der Waals surface area (Å²) >= 11 is 0. The number of carbonyl (C=O) groups excluding carboxylic acids is 1. The van der Waals surface area contributed by atoms with Crippen molar-refractivity contribution in [1.82, 2.24) is 4.57 Å². The number of rotatable bonds is 0. The van der Waals surface area contributed by atoms with Crippen LogP contribution in [0.15, 0.2) is 30.3 Å². The van der Waals surface area contributed by atoms with Crippen molar-refractivity contribution in [2.75, 3.05) is 0 Å². The van der Waals surface area contributed by atoms with Gasteiger partial charge in [-0.05, 0) is 49.3 Å². The molecule has 2 aromatic rings. The summed E-state index contributed by atoms with van der Waals surface area (Å²) in [6.07, 6.45) is 6.58. The Balaban J connectivity index is 2.11. The smallest absolute Gasteiger partial charge is 0.232 e. The first-order valence-corrected chi connectivity index (χ1v) is 7.11. The van der Waals surface area contributed by atoms with Crippen molar-refractivity contribution in [1.29, 1.82) is 0 Å². The van der Waals surface area contributed by atoms with Gasteiger partial charge in [-0.25, -0.2) is 0 Å². The molecule has 0 radical (unpaired) electrons. The maximum Gasteiger partial charge on any atom is 0.232 e. The summed E-state index contributed by atoms with van der Waals surface area (Å²) in [4.78, 5) is 12.5. The number of aryl methyl sites for hydroxylation is 1. The summed E-state index contributed by atoms with van der Waals surface area (Å²) in [6.45, 7) is 2.15. The molecule has 2 heterocycles. The number of nitrogens with zero attached hydrogens (tertiary/aromatic N) is 1. The highest BCUT2D eigenvalue weighted by Crippen LogP contribution is 2.43. The van der Waals surface area contributed by atoms with Crippen molar-refractivity contribution in [3.8, 4) is 0 Å². The third kappa shape index (κ3) is 1.40. The van der Waals surface area contributed by atoms with E-state index in [1.54, 1.807) is 0 Å². The Bertz CT molecular complexity index is 720. The van der Waals surface area contributed by atoms with Gasteiger partial charge in [0.05, 0.1) is 11.2 Å². The van der Waals surface area contributed by atoms with E-state index in [4.69, 9.17) is 0 Å². The minimum absolute atomic E-state index is 0.267. The van der Waals surface area contributed by atoms with Crippen LogP contribution in [0.3, 0.4) is 0 Å². The highest BCUT2D eigenvalue weighted by molar-refractivity contribution is 6.02. The van der Waals surface area contributed by atoms with Crippen LogP contribution in [-0.4, -0.2) is 10.5 Å². The topological polar surface area (TPSA) is 22.0 Å². The Morgan fingerprint density at radius 2 is 2.11 bits per heavy atom. The average molecular weight is 251 g/mol. The highest BCUT2D eigenvalue weighted by Gasteiger charge is 2.33. The second-order valence-corrected chi connectivity index (χ2v) is 5.71. The van der Waals surface area contributed by atoms with Crippen LogP contribution in [0.2, 0.25) is 0 Å². The largest absolute Gasteiger partial charge is 0.280 e. The zero-order chi connectivity index (χ0) is 13.0. The zero-order valence-corrected chi connectivity index (χ0v) is 11.1. The first kappa shape index (κ1) is 11.0. The third-order valence-corrected chi connectivity index (χ3v) is 4.63. The Labute approximate surface area is 112 Å². The van der Waals surface area contributed by atoms with Crippen LogP contribution in [0.4, 0.5) is 0 Å². The molecule has 1 atom stereocenters. The summed E-state index contributed by atoms with van der Waals surface area (Å²) in [5.41, 5.74) is 4.94. The molecule has 4 rings (SSSR count). The van der Waals surface area contributed by atoms with Crippen LogP contribution < -0.4 is 0 Å². The van der Waals surface area contributed by atoms with Crippen molar-refractivity contribution in [2.45, 2.75) is 32.6 Å². The molecule has 1 aliphatic carbocycles. The molecule has 1 aromatic carbocycles. The monoisotopic (exact) mass is 251 g/mol. The van der Waals surface area contributed by atoms with Gasteiger partial charge < -0.3 is 0 Å². The molecular weight excluding hydrogens is 234 g/mol. The van der Waals surface area contributed by atoms with Crippen LogP contribution >= 0.6 is 0 Å². The van der Waals surface area contributed by atoms with E-state index in [1.807, 2.05) is 10.6 Å². The molecule has 96 valence electrons. The summed E-state index contributed by atoms with van der Waals surface area (Å²) in [6, 6.07) is 8.26. The predicted octanol–water partition coefficient (Wildman–Crippen LogP) is 4.18. The first-order chi connectivity index (χ1) is 9.27. The van der Waals surface area contributed by atoms with Gasteiger partial charge in [0.2, 0.25) is 5.91 Å². The summed E-state index contributed by atoms with van der Waals surface area (Å²) < 4.78 is 1.96. The maximum absolute atomic E-state index is 12.5. The highest BCUT2D eigenvalue weighted by atomic mass is 16.2. The zero-order valence-electron chi connectivity index (χ0n) is 11.1. The van der Waals surface area contributed by atoms with Crippen LogP contribution in [0, 0.1) is 12.8 Å². The summed E-state index contributed by atoms with van der Waals surface area (Å²) in [7, 11) is 0. The molecule has 0 bridgehead atoms. The number of hydrogen-bond donors (Lipinski definition) is 0. The lowest BCUT2D eigenvalue weighted by atomic mass is 9.80. The van der Waals surface area contributed by atoms with Crippen molar-refractivity contribution in [2.24, 2.45) is 5.92 Å². The molecule has 2 aliphatic rings. The van der Waals surface area contributed by atoms with Gasteiger partial charge in [-0.1, -0.05) is 24.3 Å². The molecule has 2 nitrogen and oxygen atoms in total. The average Bonchev–Trinajstić information content (AvgIpc) is 2.74. The number of para-hydroxylation sites is 1. The quantitative estimate of drug-likeness (QED) is 0.688. The van der Waals surface area contributed by atoms with E-state index in [1.165, 1.54) is 35.1 Å². The standard InChI is InChI=1S/C17H17NO/c1-11-13-7-4-5-9-15(13)18-16(19)10-12-6-2-3-8-14(12)17(11)18/h4-5,7-9,12H,2-3,6,10H2,1H3. The lowest BCUT2D eigenvalue weighted by Crippen LogP contribution is -2.26. The Morgan fingerprint density at radius 1 is 1.26 bits per heavy atom. The molecule has 1 aromatic heterocycles.